The lowest BCUT2D eigenvalue weighted by atomic mass is 10.1. The molecule has 5 nitrogen and oxygen atoms in total. The van der Waals surface area contributed by atoms with Crippen molar-refractivity contribution in [3.8, 4) is 0 Å². The van der Waals surface area contributed by atoms with E-state index >= 15 is 0 Å². The SMILES string of the molecule is COC(C)c1noc(CC(=O)c2ccccc2)n1. The number of ether oxygens (including phenoxy) is 1. The van der Waals surface area contributed by atoms with Crippen molar-refractivity contribution < 1.29 is 14.1 Å². The molecule has 0 saturated carbocycles. The fourth-order valence-electron chi connectivity index (χ4n) is 1.47. The van der Waals surface area contributed by atoms with Crippen LogP contribution in [0.1, 0.15) is 35.1 Å². The number of nitrogens with zero attached hydrogens (tertiary/aromatic N) is 2. The van der Waals surface area contributed by atoms with Crippen LogP contribution in [0.2, 0.25) is 0 Å². The minimum absolute atomic E-state index is 0.0455. The van der Waals surface area contributed by atoms with Crippen LogP contribution in [0.5, 0.6) is 0 Å². The van der Waals surface area contributed by atoms with Crippen LogP contribution in [0.3, 0.4) is 0 Å². The highest BCUT2D eigenvalue weighted by atomic mass is 16.5. The van der Waals surface area contributed by atoms with Gasteiger partial charge in [0.15, 0.2) is 11.6 Å². The molecule has 0 radical (unpaired) electrons. The first-order chi connectivity index (χ1) is 8.70. The van der Waals surface area contributed by atoms with Gasteiger partial charge in [0.25, 0.3) is 0 Å². The van der Waals surface area contributed by atoms with Crippen molar-refractivity contribution in [2.45, 2.75) is 19.4 Å². The summed E-state index contributed by atoms with van der Waals surface area (Å²) in [4.78, 5) is 16.0. The van der Waals surface area contributed by atoms with E-state index in [1.807, 2.05) is 25.1 Å². The normalized spacial score (nSPS) is 12.3. The summed E-state index contributed by atoms with van der Waals surface area (Å²) in [5, 5.41) is 3.77. The van der Waals surface area contributed by atoms with Gasteiger partial charge in [0.2, 0.25) is 5.89 Å². The van der Waals surface area contributed by atoms with Crippen LogP contribution in [0, 0.1) is 0 Å². The lowest BCUT2D eigenvalue weighted by molar-refractivity contribution is 0.0983. The highest BCUT2D eigenvalue weighted by molar-refractivity contribution is 5.96. The van der Waals surface area contributed by atoms with E-state index in [1.54, 1.807) is 19.2 Å². The maximum atomic E-state index is 11.9. The molecule has 1 atom stereocenters. The van der Waals surface area contributed by atoms with Gasteiger partial charge in [-0.1, -0.05) is 35.5 Å². The van der Waals surface area contributed by atoms with E-state index < -0.39 is 0 Å². The maximum Gasteiger partial charge on any atom is 0.234 e. The van der Waals surface area contributed by atoms with Crippen LogP contribution < -0.4 is 0 Å². The molecule has 0 aliphatic rings. The number of hydrogen-bond acceptors (Lipinski definition) is 5. The van der Waals surface area contributed by atoms with Gasteiger partial charge in [-0.15, -0.1) is 0 Å². The fourth-order valence-corrected chi connectivity index (χ4v) is 1.47. The van der Waals surface area contributed by atoms with E-state index in [2.05, 4.69) is 10.1 Å². The summed E-state index contributed by atoms with van der Waals surface area (Å²) in [7, 11) is 1.57. The minimum Gasteiger partial charge on any atom is -0.374 e. The molecular weight excluding hydrogens is 232 g/mol. The molecule has 2 rings (SSSR count). The van der Waals surface area contributed by atoms with E-state index in [0.29, 0.717) is 17.3 Å². The Balaban J connectivity index is 2.06. The highest BCUT2D eigenvalue weighted by Gasteiger charge is 2.16. The van der Waals surface area contributed by atoms with Crippen LogP contribution in [0.4, 0.5) is 0 Å². The summed E-state index contributed by atoms with van der Waals surface area (Å²) in [5.74, 6) is 0.715. The van der Waals surface area contributed by atoms with E-state index in [-0.39, 0.29) is 18.3 Å². The highest BCUT2D eigenvalue weighted by Crippen LogP contribution is 2.13. The summed E-state index contributed by atoms with van der Waals surface area (Å²) in [5.41, 5.74) is 0.636. The number of ketones is 1. The van der Waals surface area contributed by atoms with Gasteiger partial charge in [-0.05, 0) is 6.92 Å². The van der Waals surface area contributed by atoms with Gasteiger partial charge in [0.05, 0.1) is 6.42 Å². The van der Waals surface area contributed by atoms with Crippen molar-refractivity contribution in [2.24, 2.45) is 0 Å². The molecule has 2 aromatic rings. The number of methoxy groups -OCH3 is 1. The zero-order valence-corrected chi connectivity index (χ0v) is 10.3. The molecule has 94 valence electrons. The number of benzene rings is 1. The van der Waals surface area contributed by atoms with Crippen molar-refractivity contribution in [2.75, 3.05) is 7.11 Å². The second-order valence-corrected chi connectivity index (χ2v) is 3.89. The van der Waals surface area contributed by atoms with E-state index in [9.17, 15) is 4.79 Å². The Morgan fingerprint density at radius 3 is 2.78 bits per heavy atom. The fraction of sp³-hybridized carbons (Fsp3) is 0.308. The molecule has 0 bridgehead atoms. The average Bonchev–Trinajstić information content (AvgIpc) is 2.87. The van der Waals surface area contributed by atoms with Gasteiger partial charge in [-0.2, -0.15) is 4.98 Å². The van der Waals surface area contributed by atoms with Gasteiger partial charge in [0.1, 0.15) is 6.10 Å². The predicted octanol–water partition coefficient (Wildman–Crippen LogP) is 2.20. The molecule has 1 unspecified atom stereocenters. The summed E-state index contributed by atoms with van der Waals surface area (Å²) >= 11 is 0. The Morgan fingerprint density at radius 2 is 2.11 bits per heavy atom. The third-order valence-electron chi connectivity index (χ3n) is 2.61. The first-order valence-corrected chi connectivity index (χ1v) is 5.64. The number of carbonyl (C=O) groups excluding carboxylic acids is 1. The van der Waals surface area contributed by atoms with Crippen molar-refractivity contribution in [3.63, 3.8) is 0 Å². The zero-order chi connectivity index (χ0) is 13.0. The number of carbonyl (C=O) groups is 1. The maximum absolute atomic E-state index is 11.9. The van der Waals surface area contributed by atoms with Gasteiger partial charge < -0.3 is 9.26 Å². The predicted molar refractivity (Wildman–Crippen MR) is 64.2 cm³/mol. The van der Waals surface area contributed by atoms with E-state index in [4.69, 9.17) is 9.26 Å². The molecule has 0 spiro atoms. The first kappa shape index (κ1) is 12.4. The number of hydrogen-bond donors (Lipinski definition) is 0. The standard InChI is InChI=1S/C13H14N2O3/c1-9(17-2)13-14-12(18-15-13)8-11(16)10-6-4-3-5-7-10/h3-7,9H,8H2,1-2H3. The van der Waals surface area contributed by atoms with Crippen molar-refractivity contribution in [1.29, 1.82) is 0 Å². The molecular formula is C13H14N2O3. The second-order valence-electron chi connectivity index (χ2n) is 3.89. The van der Waals surface area contributed by atoms with E-state index in [1.165, 1.54) is 0 Å². The molecule has 5 heteroatoms. The Hall–Kier alpha value is -2.01. The van der Waals surface area contributed by atoms with E-state index in [0.717, 1.165) is 0 Å². The van der Waals surface area contributed by atoms with Crippen molar-refractivity contribution in [1.82, 2.24) is 10.1 Å². The first-order valence-electron chi connectivity index (χ1n) is 5.64. The molecule has 0 amide bonds. The summed E-state index contributed by atoms with van der Waals surface area (Å²) < 4.78 is 10.1. The average molecular weight is 246 g/mol. The monoisotopic (exact) mass is 246 g/mol. The molecule has 0 N–H and O–H groups in total. The molecule has 1 aromatic heterocycles. The molecule has 0 saturated heterocycles. The van der Waals surface area contributed by atoms with Crippen LogP contribution in [0.15, 0.2) is 34.9 Å². The second kappa shape index (κ2) is 5.55. The number of rotatable bonds is 5. The molecule has 0 fully saturated rings. The Bertz CT molecular complexity index is 522. The minimum atomic E-state index is -0.241. The van der Waals surface area contributed by atoms with Gasteiger partial charge in [0, 0.05) is 12.7 Å². The molecule has 18 heavy (non-hydrogen) atoms. The van der Waals surface area contributed by atoms with Crippen LogP contribution in [0.25, 0.3) is 0 Å². The lowest BCUT2D eigenvalue weighted by Gasteiger charge is -2.00. The molecule has 0 aliphatic heterocycles. The van der Waals surface area contributed by atoms with Gasteiger partial charge in [-0.3, -0.25) is 4.79 Å². The summed E-state index contributed by atoms with van der Waals surface area (Å²) in [6, 6.07) is 9.02. The molecule has 0 aliphatic carbocycles. The van der Waals surface area contributed by atoms with Gasteiger partial charge in [-0.25, -0.2) is 0 Å². The van der Waals surface area contributed by atoms with Crippen LogP contribution >= 0.6 is 0 Å². The Labute approximate surface area is 105 Å². The molecule has 1 aromatic carbocycles. The topological polar surface area (TPSA) is 65.2 Å². The third-order valence-corrected chi connectivity index (χ3v) is 2.61. The van der Waals surface area contributed by atoms with Crippen molar-refractivity contribution in [3.05, 3.63) is 47.6 Å². The largest absolute Gasteiger partial charge is 0.374 e. The van der Waals surface area contributed by atoms with Crippen LogP contribution in [-0.4, -0.2) is 23.0 Å². The Kier molecular flexibility index (Phi) is 3.84. The zero-order valence-electron chi connectivity index (χ0n) is 10.3. The summed E-state index contributed by atoms with van der Waals surface area (Å²) in [6.45, 7) is 1.81. The van der Waals surface area contributed by atoms with Gasteiger partial charge >= 0.3 is 0 Å². The smallest absolute Gasteiger partial charge is 0.234 e. The Morgan fingerprint density at radius 1 is 1.39 bits per heavy atom. The number of aromatic nitrogens is 2. The lowest BCUT2D eigenvalue weighted by Crippen LogP contribution is -2.04. The van der Waals surface area contributed by atoms with Crippen LogP contribution in [-0.2, 0) is 11.2 Å². The number of Topliss-reactive ketones (excluding diaryl/α,β-unsaturated/α-hetero) is 1. The molecule has 1 heterocycles. The summed E-state index contributed by atoms with van der Waals surface area (Å²) in [6.07, 6.45) is -0.137. The quantitative estimate of drug-likeness (QED) is 0.757. The van der Waals surface area contributed by atoms with Crippen molar-refractivity contribution >= 4 is 5.78 Å². The third kappa shape index (κ3) is 2.81.